The molecule has 3 aromatic carbocycles. The number of sulfonamides is 2. The van der Waals surface area contributed by atoms with Gasteiger partial charge >= 0.3 is 0 Å². The van der Waals surface area contributed by atoms with E-state index in [1.54, 1.807) is 24.3 Å². The van der Waals surface area contributed by atoms with Gasteiger partial charge in [-0.1, -0.05) is 50.0 Å². The summed E-state index contributed by atoms with van der Waals surface area (Å²) in [7, 11) is -8.90. The van der Waals surface area contributed by atoms with Crippen LogP contribution in [0.3, 0.4) is 0 Å². The van der Waals surface area contributed by atoms with Crippen LogP contribution in [0, 0.1) is 11.3 Å². The third-order valence-corrected chi connectivity index (χ3v) is 8.62. The van der Waals surface area contributed by atoms with Gasteiger partial charge in [0.05, 0.1) is 15.9 Å². The number of hydrogen-bond donors (Lipinski definition) is 0. The molecule has 0 amide bonds. The minimum Gasteiger partial charge on any atom is -0.206 e. The third-order valence-electron chi connectivity index (χ3n) is 3.87. The Balaban J connectivity index is 2.14. The lowest BCUT2D eigenvalue weighted by Gasteiger charge is -2.19. The topological polar surface area (TPSA) is 95.3 Å². The maximum atomic E-state index is 13.0. The summed E-state index contributed by atoms with van der Waals surface area (Å²) in [6.45, 7) is -0.826. The smallest absolute Gasteiger partial charge is 0.206 e. The van der Waals surface area contributed by atoms with Gasteiger partial charge in [-0.2, -0.15) is 5.26 Å². The zero-order chi connectivity index (χ0) is 19.7. The molecule has 0 aliphatic carbocycles. The Morgan fingerprint density at radius 2 is 1.37 bits per heavy atom. The van der Waals surface area contributed by atoms with E-state index in [9.17, 15) is 16.8 Å². The number of benzene rings is 3. The van der Waals surface area contributed by atoms with Crippen LogP contribution in [-0.4, -0.2) is 27.1 Å². The number of nitriles is 1. The second-order valence-electron chi connectivity index (χ2n) is 5.56. The van der Waals surface area contributed by atoms with Crippen molar-refractivity contribution in [1.82, 2.24) is 3.71 Å². The molecule has 27 heavy (non-hydrogen) atoms. The third kappa shape index (κ3) is 3.75. The van der Waals surface area contributed by atoms with Crippen molar-refractivity contribution in [2.24, 2.45) is 0 Å². The first-order chi connectivity index (χ1) is 12.8. The zero-order valence-electron chi connectivity index (χ0n) is 13.8. The van der Waals surface area contributed by atoms with Gasteiger partial charge in [0.15, 0.2) is 0 Å². The SMILES string of the molecule is N#CCN(S(=O)(=O)c1ccc(Br)cc1)S(=O)(=O)c1ccc2ccccc2c1. The molecule has 0 saturated heterocycles. The number of fused-ring (bicyclic) bond motifs is 1. The van der Waals surface area contributed by atoms with Crippen LogP contribution >= 0.6 is 15.9 Å². The first-order valence-corrected chi connectivity index (χ1v) is 11.3. The Morgan fingerprint density at radius 3 is 2.00 bits per heavy atom. The molecule has 0 spiro atoms. The van der Waals surface area contributed by atoms with Gasteiger partial charge in [-0.05, 0) is 47.2 Å². The summed E-state index contributed by atoms with van der Waals surface area (Å²) >= 11 is 3.20. The molecule has 3 rings (SSSR count). The molecule has 9 heteroatoms. The van der Waals surface area contributed by atoms with Gasteiger partial charge in [0.25, 0.3) is 20.0 Å². The number of rotatable bonds is 5. The average molecular weight is 465 g/mol. The van der Waals surface area contributed by atoms with Gasteiger partial charge in [-0.25, -0.2) is 16.8 Å². The normalized spacial score (nSPS) is 12.2. The van der Waals surface area contributed by atoms with E-state index >= 15 is 0 Å². The van der Waals surface area contributed by atoms with Crippen molar-refractivity contribution in [2.75, 3.05) is 6.54 Å². The lowest BCUT2D eigenvalue weighted by Crippen LogP contribution is -2.37. The van der Waals surface area contributed by atoms with E-state index in [4.69, 9.17) is 5.26 Å². The van der Waals surface area contributed by atoms with Crippen LogP contribution in [0.15, 0.2) is 81.0 Å². The molecule has 0 unspecified atom stereocenters. The molecule has 0 heterocycles. The van der Waals surface area contributed by atoms with Crippen molar-refractivity contribution >= 4 is 46.7 Å². The predicted octanol–water partition coefficient (Wildman–Crippen LogP) is 3.51. The summed E-state index contributed by atoms with van der Waals surface area (Å²) < 4.78 is 52.7. The summed E-state index contributed by atoms with van der Waals surface area (Å²) in [5, 5.41) is 10.5. The monoisotopic (exact) mass is 464 g/mol. The van der Waals surface area contributed by atoms with Crippen LogP contribution in [0.1, 0.15) is 0 Å². The highest BCUT2D eigenvalue weighted by Crippen LogP contribution is 2.27. The zero-order valence-corrected chi connectivity index (χ0v) is 17.0. The second kappa shape index (κ2) is 7.40. The number of hydrogen-bond acceptors (Lipinski definition) is 5. The Bertz CT molecular complexity index is 1250. The molecule has 0 atom stereocenters. The van der Waals surface area contributed by atoms with Crippen LogP contribution in [0.4, 0.5) is 0 Å². The average Bonchev–Trinajstić information content (AvgIpc) is 2.65. The maximum Gasteiger partial charge on any atom is 0.257 e. The Hall–Kier alpha value is -2.25. The van der Waals surface area contributed by atoms with Gasteiger partial charge < -0.3 is 0 Å². The highest BCUT2D eigenvalue weighted by atomic mass is 79.9. The van der Waals surface area contributed by atoms with Crippen molar-refractivity contribution < 1.29 is 16.8 Å². The van der Waals surface area contributed by atoms with Crippen molar-refractivity contribution in [3.63, 3.8) is 0 Å². The van der Waals surface area contributed by atoms with Crippen molar-refractivity contribution in [2.45, 2.75) is 9.79 Å². The van der Waals surface area contributed by atoms with Crippen LogP contribution in [-0.2, 0) is 20.0 Å². The minimum atomic E-state index is -4.46. The van der Waals surface area contributed by atoms with E-state index in [1.165, 1.54) is 36.4 Å². The van der Waals surface area contributed by atoms with E-state index in [1.807, 2.05) is 12.1 Å². The highest BCUT2D eigenvalue weighted by molar-refractivity contribution is 9.10. The maximum absolute atomic E-state index is 13.0. The summed E-state index contributed by atoms with van der Waals surface area (Å²) in [5.41, 5.74) is 0. The summed E-state index contributed by atoms with van der Waals surface area (Å²) in [6, 6.07) is 18.6. The quantitative estimate of drug-likeness (QED) is 0.538. The molecule has 0 bridgehead atoms. The largest absolute Gasteiger partial charge is 0.257 e. The first-order valence-electron chi connectivity index (χ1n) is 7.66. The predicted molar refractivity (Wildman–Crippen MR) is 105 cm³/mol. The van der Waals surface area contributed by atoms with E-state index in [0.29, 0.717) is 9.86 Å². The second-order valence-corrected chi connectivity index (χ2v) is 10.4. The molecule has 0 radical (unpaired) electrons. The Kier molecular flexibility index (Phi) is 5.35. The standard InChI is InChI=1S/C18H13BrN2O4S2/c19-16-6-9-17(10-7-16)26(22,23)21(12-11-20)27(24,25)18-8-5-14-3-1-2-4-15(14)13-18/h1-10,13H,12H2. The highest BCUT2D eigenvalue weighted by Gasteiger charge is 2.36. The summed E-state index contributed by atoms with van der Waals surface area (Å²) in [6.07, 6.45) is 0. The molecule has 138 valence electrons. The van der Waals surface area contributed by atoms with E-state index in [2.05, 4.69) is 15.9 Å². The van der Waals surface area contributed by atoms with Crippen LogP contribution in [0.5, 0.6) is 0 Å². The summed E-state index contributed by atoms with van der Waals surface area (Å²) in [5.74, 6) is 0. The van der Waals surface area contributed by atoms with Gasteiger partial charge in [-0.15, -0.1) is 0 Å². The fraction of sp³-hybridized carbons (Fsp3) is 0.0556. The molecule has 0 N–H and O–H groups in total. The van der Waals surface area contributed by atoms with Gasteiger partial charge in [0.2, 0.25) is 0 Å². The van der Waals surface area contributed by atoms with Gasteiger partial charge in [-0.3, -0.25) is 0 Å². The van der Waals surface area contributed by atoms with Crippen molar-refractivity contribution in [3.8, 4) is 6.07 Å². The molecule has 6 nitrogen and oxygen atoms in total. The molecule has 0 fully saturated rings. The minimum absolute atomic E-state index is 0.197. The van der Waals surface area contributed by atoms with Crippen molar-refractivity contribution in [3.05, 3.63) is 71.2 Å². The molecule has 0 saturated carbocycles. The Labute approximate surface area is 165 Å². The number of halogens is 1. The van der Waals surface area contributed by atoms with E-state index < -0.39 is 26.6 Å². The molecule has 3 aromatic rings. The fourth-order valence-electron chi connectivity index (χ4n) is 2.53. The lowest BCUT2D eigenvalue weighted by atomic mass is 10.1. The lowest BCUT2D eigenvalue weighted by molar-refractivity contribution is 0.515. The van der Waals surface area contributed by atoms with Crippen LogP contribution < -0.4 is 0 Å². The molecule has 0 aliphatic heterocycles. The van der Waals surface area contributed by atoms with Gasteiger partial charge in [0, 0.05) is 4.47 Å². The summed E-state index contributed by atoms with van der Waals surface area (Å²) in [4.78, 5) is -0.414. The van der Waals surface area contributed by atoms with Crippen LogP contribution in [0.25, 0.3) is 10.8 Å². The van der Waals surface area contributed by atoms with Crippen LogP contribution in [0.2, 0.25) is 0 Å². The first kappa shape index (κ1) is 19.5. The van der Waals surface area contributed by atoms with E-state index in [-0.39, 0.29) is 13.5 Å². The molecular weight excluding hydrogens is 452 g/mol. The van der Waals surface area contributed by atoms with E-state index in [0.717, 1.165) is 5.39 Å². The number of nitrogens with zero attached hydrogens (tertiary/aromatic N) is 2. The molecule has 0 aromatic heterocycles. The van der Waals surface area contributed by atoms with Crippen molar-refractivity contribution in [1.29, 1.82) is 5.26 Å². The van der Waals surface area contributed by atoms with Gasteiger partial charge in [0.1, 0.15) is 6.54 Å². The fourth-order valence-corrected chi connectivity index (χ4v) is 6.26. The molecule has 0 aliphatic rings. The molecular formula is C18H13BrN2O4S2. The Morgan fingerprint density at radius 1 is 0.815 bits per heavy atom.